The van der Waals surface area contributed by atoms with E-state index in [0.29, 0.717) is 0 Å². The summed E-state index contributed by atoms with van der Waals surface area (Å²) in [6.07, 6.45) is 5.87. The molecular formula is C11H13NO. The Morgan fingerprint density at radius 1 is 1.62 bits per heavy atom. The molecule has 0 saturated heterocycles. The number of nitrogens with zero attached hydrogens (tertiary/aromatic N) is 1. The monoisotopic (exact) mass is 175 g/mol. The Morgan fingerprint density at radius 3 is 2.92 bits per heavy atom. The summed E-state index contributed by atoms with van der Waals surface area (Å²) in [4.78, 5) is 15.0. The van der Waals surface area contributed by atoms with Gasteiger partial charge in [0.05, 0.1) is 0 Å². The maximum atomic E-state index is 10.8. The predicted octanol–water partition coefficient (Wildman–Crippen LogP) is 1.91. The molecule has 1 aliphatic rings. The molecule has 0 radical (unpaired) electrons. The second kappa shape index (κ2) is 2.95. The third-order valence-corrected chi connectivity index (χ3v) is 2.80. The lowest BCUT2D eigenvalue weighted by Crippen LogP contribution is -2.07. The fourth-order valence-corrected chi connectivity index (χ4v) is 1.58. The summed E-state index contributed by atoms with van der Waals surface area (Å²) in [7, 11) is 0. The van der Waals surface area contributed by atoms with Gasteiger partial charge in [-0.05, 0) is 37.8 Å². The summed E-state index contributed by atoms with van der Waals surface area (Å²) in [5.74, 6) is 0. The van der Waals surface area contributed by atoms with Crippen molar-refractivity contribution in [2.45, 2.75) is 26.2 Å². The Labute approximate surface area is 78.0 Å². The summed E-state index contributed by atoms with van der Waals surface area (Å²) in [6.45, 7) is 2.00. The number of pyridine rings is 1. The lowest BCUT2D eigenvalue weighted by Gasteiger charge is -2.08. The average Bonchev–Trinajstić information content (AvgIpc) is 2.90. The molecule has 1 saturated carbocycles. The number of hydrogen-bond donors (Lipinski definition) is 0. The van der Waals surface area contributed by atoms with Crippen LogP contribution < -0.4 is 0 Å². The van der Waals surface area contributed by atoms with Gasteiger partial charge in [0, 0.05) is 17.3 Å². The molecule has 68 valence electrons. The topological polar surface area (TPSA) is 30.0 Å². The van der Waals surface area contributed by atoms with Crippen LogP contribution in [0.1, 0.15) is 24.1 Å². The van der Waals surface area contributed by atoms with Crippen molar-refractivity contribution < 1.29 is 4.79 Å². The van der Waals surface area contributed by atoms with Gasteiger partial charge in [-0.15, -0.1) is 0 Å². The number of aromatic nitrogens is 1. The lowest BCUT2D eigenvalue weighted by molar-refractivity contribution is -0.112. The summed E-state index contributed by atoms with van der Waals surface area (Å²) in [5, 5.41) is 0. The first-order chi connectivity index (χ1) is 6.26. The maximum Gasteiger partial charge on any atom is 0.126 e. The standard InChI is InChI=1S/C11H13NO/c1-9-10(3-2-6-12-9)7-11(8-13)4-5-11/h2-3,6,8H,4-5,7H2,1H3. The Balaban J connectivity index is 2.18. The van der Waals surface area contributed by atoms with Gasteiger partial charge in [0.1, 0.15) is 6.29 Å². The zero-order chi connectivity index (χ0) is 9.31. The van der Waals surface area contributed by atoms with Gasteiger partial charge in [0.2, 0.25) is 0 Å². The fourth-order valence-electron chi connectivity index (χ4n) is 1.58. The first-order valence-electron chi connectivity index (χ1n) is 4.63. The molecule has 0 N–H and O–H groups in total. The summed E-state index contributed by atoms with van der Waals surface area (Å²) in [5.41, 5.74) is 2.23. The van der Waals surface area contributed by atoms with E-state index in [2.05, 4.69) is 11.1 Å². The number of aldehydes is 1. The molecule has 0 unspecified atom stereocenters. The van der Waals surface area contributed by atoms with Gasteiger partial charge in [-0.1, -0.05) is 6.07 Å². The highest BCUT2D eigenvalue weighted by molar-refractivity contribution is 5.64. The van der Waals surface area contributed by atoms with E-state index in [-0.39, 0.29) is 5.41 Å². The Morgan fingerprint density at radius 2 is 2.38 bits per heavy atom. The van der Waals surface area contributed by atoms with Crippen molar-refractivity contribution in [3.8, 4) is 0 Å². The number of rotatable bonds is 3. The lowest BCUT2D eigenvalue weighted by atomic mass is 9.97. The van der Waals surface area contributed by atoms with Gasteiger partial charge < -0.3 is 4.79 Å². The number of carbonyl (C=O) groups is 1. The Kier molecular flexibility index (Phi) is 1.91. The number of aryl methyl sites for hydroxylation is 1. The summed E-state index contributed by atoms with van der Waals surface area (Å²) < 4.78 is 0. The highest BCUT2D eigenvalue weighted by Crippen LogP contribution is 2.46. The van der Waals surface area contributed by atoms with E-state index >= 15 is 0 Å². The smallest absolute Gasteiger partial charge is 0.126 e. The molecule has 0 atom stereocenters. The third kappa shape index (κ3) is 1.62. The maximum absolute atomic E-state index is 10.8. The van der Waals surface area contributed by atoms with E-state index < -0.39 is 0 Å². The van der Waals surface area contributed by atoms with Crippen LogP contribution in [0.15, 0.2) is 18.3 Å². The minimum absolute atomic E-state index is 0.0339. The van der Waals surface area contributed by atoms with Gasteiger partial charge in [-0.2, -0.15) is 0 Å². The number of carbonyl (C=O) groups excluding carboxylic acids is 1. The van der Waals surface area contributed by atoms with Crippen molar-refractivity contribution in [3.05, 3.63) is 29.6 Å². The van der Waals surface area contributed by atoms with Crippen LogP contribution in [0.4, 0.5) is 0 Å². The first kappa shape index (κ1) is 8.42. The van der Waals surface area contributed by atoms with E-state index in [1.807, 2.05) is 13.0 Å². The molecule has 13 heavy (non-hydrogen) atoms. The third-order valence-electron chi connectivity index (χ3n) is 2.80. The highest BCUT2D eigenvalue weighted by atomic mass is 16.1. The molecule has 0 amide bonds. The molecule has 0 spiro atoms. The average molecular weight is 175 g/mol. The molecule has 1 fully saturated rings. The van der Waals surface area contributed by atoms with Gasteiger partial charge in [0.25, 0.3) is 0 Å². The molecule has 1 aromatic heterocycles. The zero-order valence-corrected chi connectivity index (χ0v) is 7.79. The molecule has 2 nitrogen and oxygen atoms in total. The minimum Gasteiger partial charge on any atom is -0.303 e. The van der Waals surface area contributed by atoms with Gasteiger partial charge in [-0.3, -0.25) is 4.98 Å². The molecule has 1 heterocycles. The van der Waals surface area contributed by atoms with E-state index in [1.165, 1.54) is 5.56 Å². The Bertz CT molecular complexity index is 329. The Hall–Kier alpha value is -1.18. The second-order valence-electron chi connectivity index (χ2n) is 3.90. The van der Waals surface area contributed by atoms with E-state index in [4.69, 9.17) is 0 Å². The second-order valence-corrected chi connectivity index (χ2v) is 3.90. The van der Waals surface area contributed by atoms with Crippen molar-refractivity contribution in [1.29, 1.82) is 0 Å². The molecule has 0 aromatic carbocycles. The van der Waals surface area contributed by atoms with Gasteiger partial charge in [0.15, 0.2) is 0 Å². The van der Waals surface area contributed by atoms with Crippen LogP contribution >= 0.6 is 0 Å². The van der Waals surface area contributed by atoms with Crippen molar-refractivity contribution in [1.82, 2.24) is 4.98 Å². The van der Waals surface area contributed by atoms with Gasteiger partial charge in [-0.25, -0.2) is 0 Å². The van der Waals surface area contributed by atoms with Crippen LogP contribution in [0.25, 0.3) is 0 Å². The van der Waals surface area contributed by atoms with Crippen molar-refractivity contribution in [3.63, 3.8) is 0 Å². The molecule has 0 aliphatic heterocycles. The van der Waals surface area contributed by atoms with Gasteiger partial charge >= 0.3 is 0 Å². The molecule has 2 heteroatoms. The normalized spacial score (nSPS) is 18.2. The van der Waals surface area contributed by atoms with Crippen LogP contribution in [-0.2, 0) is 11.2 Å². The summed E-state index contributed by atoms with van der Waals surface area (Å²) >= 11 is 0. The van der Waals surface area contributed by atoms with Crippen LogP contribution in [0.5, 0.6) is 0 Å². The SMILES string of the molecule is Cc1ncccc1CC1(C=O)CC1. The molecule has 0 bridgehead atoms. The predicted molar refractivity (Wildman–Crippen MR) is 50.4 cm³/mol. The van der Waals surface area contributed by atoms with Crippen LogP contribution in [0, 0.1) is 12.3 Å². The van der Waals surface area contributed by atoms with E-state index in [0.717, 1.165) is 31.2 Å². The fraction of sp³-hybridized carbons (Fsp3) is 0.455. The first-order valence-corrected chi connectivity index (χ1v) is 4.63. The van der Waals surface area contributed by atoms with E-state index in [1.54, 1.807) is 6.20 Å². The van der Waals surface area contributed by atoms with Crippen LogP contribution in [0.3, 0.4) is 0 Å². The van der Waals surface area contributed by atoms with Crippen LogP contribution in [-0.4, -0.2) is 11.3 Å². The van der Waals surface area contributed by atoms with Crippen molar-refractivity contribution >= 4 is 6.29 Å². The van der Waals surface area contributed by atoms with E-state index in [9.17, 15) is 4.79 Å². The quantitative estimate of drug-likeness (QED) is 0.657. The summed E-state index contributed by atoms with van der Waals surface area (Å²) in [6, 6.07) is 4.00. The minimum atomic E-state index is -0.0339. The molecular weight excluding hydrogens is 162 g/mol. The number of hydrogen-bond acceptors (Lipinski definition) is 2. The van der Waals surface area contributed by atoms with Crippen molar-refractivity contribution in [2.24, 2.45) is 5.41 Å². The van der Waals surface area contributed by atoms with Crippen LogP contribution in [0.2, 0.25) is 0 Å². The van der Waals surface area contributed by atoms with Crippen molar-refractivity contribution in [2.75, 3.05) is 0 Å². The molecule has 1 aliphatic carbocycles. The highest BCUT2D eigenvalue weighted by Gasteiger charge is 2.42. The largest absolute Gasteiger partial charge is 0.303 e. The molecule has 2 rings (SSSR count). The molecule has 1 aromatic rings. The zero-order valence-electron chi connectivity index (χ0n) is 7.79.